The monoisotopic (exact) mass is 206 g/mol. The lowest BCUT2D eigenvalue weighted by Crippen LogP contribution is -2.07. The van der Waals surface area contributed by atoms with Gasteiger partial charge in [0.05, 0.1) is 13.2 Å². The molecule has 0 heterocycles. The lowest BCUT2D eigenvalue weighted by molar-refractivity contribution is 0.0429. The maximum absolute atomic E-state index is 5.33. The van der Waals surface area contributed by atoms with Crippen molar-refractivity contribution in [1.82, 2.24) is 0 Å². The average molecular weight is 206 g/mol. The summed E-state index contributed by atoms with van der Waals surface area (Å²) in [5.74, 6) is 0. The first kappa shape index (κ1) is 13.1. The summed E-state index contributed by atoms with van der Waals surface area (Å²) in [5, 5.41) is 0. The second-order valence-corrected chi connectivity index (χ2v) is 3.50. The lowest BCUT2D eigenvalue weighted by atomic mass is 10.4. The third kappa shape index (κ3) is 12.1. The molecule has 0 aliphatic heterocycles. The van der Waals surface area contributed by atoms with Gasteiger partial charge in [-0.1, -0.05) is 13.3 Å². The largest absolute Gasteiger partial charge is 0.428 e. The standard InChI is InChI=1S/C9H22O3Si/c1-2-3-5-10-8-9-11-6-4-7-12-13/h2-9H2,1,13H3. The smallest absolute Gasteiger partial charge is 0.145 e. The summed E-state index contributed by atoms with van der Waals surface area (Å²) in [4.78, 5) is 0. The Morgan fingerprint density at radius 1 is 0.846 bits per heavy atom. The van der Waals surface area contributed by atoms with Crippen LogP contribution < -0.4 is 0 Å². The molecule has 0 bridgehead atoms. The van der Waals surface area contributed by atoms with E-state index in [0.717, 1.165) is 49.8 Å². The van der Waals surface area contributed by atoms with Crippen molar-refractivity contribution in [2.75, 3.05) is 33.0 Å². The Hall–Kier alpha value is 0.0969. The molecule has 0 rings (SSSR count). The van der Waals surface area contributed by atoms with Crippen LogP contribution in [0, 0.1) is 0 Å². The Bertz CT molecular complexity index is 80.9. The van der Waals surface area contributed by atoms with Crippen molar-refractivity contribution >= 4 is 10.5 Å². The Balaban J connectivity index is 2.76. The highest BCUT2D eigenvalue weighted by Gasteiger charge is 1.89. The summed E-state index contributed by atoms with van der Waals surface area (Å²) in [6, 6.07) is 0. The van der Waals surface area contributed by atoms with E-state index in [1.54, 1.807) is 0 Å². The number of hydrogen-bond donors (Lipinski definition) is 0. The van der Waals surface area contributed by atoms with E-state index in [2.05, 4.69) is 6.92 Å². The molecule has 0 spiro atoms. The molecule has 4 heteroatoms. The summed E-state index contributed by atoms with van der Waals surface area (Å²) in [7, 11) is 0.830. The van der Waals surface area contributed by atoms with Crippen LogP contribution >= 0.6 is 0 Å². The quantitative estimate of drug-likeness (QED) is 0.385. The van der Waals surface area contributed by atoms with Gasteiger partial charge in [-0.25, -0.2) is 0 Å². The number of hydrogen-bond acceptors (Lipinski definition) is 3. The molecule has 3 nitrogen and oxygen atoms in total. The van der Waals surface area contributed by atoms with Crippen LogP contribution in [0.3, 0.4) is 0 Å². The van der Waals surface area contributed by atoms with E-state index in [-0.39, 0.29) is 0 Å². The van der Waals surface area contributed by atoms with Gasteiger partial charge in [-0.3, -0.25) is 0 Å². The Morgan fingerprint density at radius 3 is 2.00 bits per heavy atom. The van der Waals surface area contributed by atoms with Crippen molar-refractivity contribution in [2.24, 2.45) is 0 Å². The van der Waals surface area contributed by atoms with Gasteiger partial charge in [0.2, 0.25) is 0 Å². The summed E-state index contributed by atoms with van der Waals surface area (Å²) in [6.07, 6.45) is 3.34. The first-order chi connectivity index (χ1) is 6.41. The van der Waals surface area contributed by atoms with E-state index < -0.39 is 0 Å². The summed E-state index contributed by atoms with van der Waals surface area (Å²) < 4.78 is 15.7. The van der Waals surface area contributed by atoms with Crippen LogP contribution in [0.5, 0.6) is 0 Å². The normalized spacial score (nSPS) is 10.8. The predicted octanol–water partition coefficient (Wildman–Crippen LogP) is 0.507. The topological polar surface area (TPSA) is 27.7 Å². The molecule has 0 saturated heterocycles. The van der Waals surface area contributed by atoms with Gasteiger partial charge >= 0.3 is 0 Å². The molecule has 0 radical (unpaired) electrons. The highest BCUT2D eigenvalue weighted by Crippen LogP contribution is 1.88. The van der Waals surface area contributed by atoms with E-state index in [1.165, 1.54) is 6.42 Å². The molecular formula is C9H22O3Si. The summed E-state index contributed by atoms with van der Waals surface area (Å²) in [5.41, 5.74) is 0. The molecule has 0 atom stereocenters. The minimum absolute atomic E-state index is 0.713. The van der Waals surface area contributed by atoms with Crippen molar-refractivity contribution in [3.05, 3.63) is 0 Å². The van der Waals surface area contributed by atoms with Crippen LogP contribution in [-0.2, 0) is 13.9 Å². The van der Waals surface area contributed by atoms with Gasteiger partial charge in [0.1, 0.15) is 10.5 Å². The van der Waals surface area contributed by atoms with Crippen LogP contribution in [-0.4, -0.2) is 43.5 Å². The molecule has 0 amide bonds. The van der Waals surface area contributed by atoms with Gasteiger partial charge in [0, 0.05) is 19.8 Å². The van der Waals surface area contributed by atoms with E-state index in [1.807, 2.05) is 0 Å². The van der Waals surface area contributed by atoms with Gasteiger partial charge in [0.25, 0.3) is 0 Å². The van der Waals surface area contributed by atoms with Crippen molar-refractivity contribution in [3.8, 4) is 0 Å². The molecule has 0 aromatic rings. The van der Waals surface area contributed by atoms with E-state index in [9.17, 15) is 0 Å². The van der Waals surface area contributed by atoms with Crippen LogP contribution in [0.2, 0.25) is 0 Å². The zero-order valence-electron chi connectivity index (χ0n) is 8.88. The molecule has 0 aliphatic carbocycles. The fraction of sp³-hybridized carbons (Fsp3) is 1.00. The second kappa shape index (κ2) is 12.1. The van der Waals surface area contributed by atoms with Crippen molar-refractivity contribution in [3.63, 3.8) is 0 Å². The zero-order chi connectivity index (χ0) is 9.78. The third-order valence-electron chi connectivity index (χ3n) is 1.65. The molecule has 0 aromatic heterocycles. The first-order valence-electron chi connectivity index (χ1n) is 5.06. The van der Waals surface area contributed by atoms with Gasteiger partial charge in [-0.05, 0) is 12.8 Å². The van der Waals surface area contributed by atoms with Gasteiger partial charge in [-0.15, -0.1) is 0 Å². The lowest BCUT2D eigenvalue weighted by Gasteiger charge is -2.04. The highest BCUT2D eigenvalue weighted by atomic mass is 28.2. The van der Waals surface area contributed by atoms with E-state index in [0.29, 0.717) is 6.61 Å². The zero-order valence-corrected chi connectivity index (χ0v) is 10.9. The van der Waals surface area contributed by atoms with Crippen LogP contribution in [0.4, 0.5) is 0 Å². The molecule has 0 unspecified atom stereocenters. The molecule has 0 saturated carbocycles. The summed E-state index contributed by atoms with van der Waals surface area (Å²) >= 11 is 0. The van der Waals surface area contributed by atoms with Crippen molar-refractivity contribution in [1.29, 1.82) is 0 Å². The highest BCUT2D eigenvalue weighted by molar-refractivity contribution is 5.97. The SMILES string of the molecule is CCCCOCCOCCCO[SiH3]. The molecule has 0 aliphatic rings. The fourth-order valence-corrected chi connectivity index (χ4v) is 1.16. The molecule has 0 fully saturated rings. The summed E-state index contributed by atoms with van der Waals surface area (Å²) in [6.45, 7) is 6.09. The number of rotatable bonds is 10. The van der Waals surface area contributed by atoms with Gasteiger partial charge in [0.15, 0.2) is 0 Å². The molecule has 13 heavy (non-hydrogen) atoms. The minimum atomic E-state index is 0.713. The molecule has 0 N–H and O–H groups in total. The van der Waals surface area contributed by atoms with Gasteiger partial charge < -0.3 is 13.9 Å². The van der Waals surface area contributed by atoms with E-state index >= 15 is 0 Å². The third-order valence-corrected chi connectivity index (χ3v) is 2.06. The molecular weight excluding hydrogens is 184 g/mol. The van der Waals surface area contributed by atoms with Crippen molar-refractivity contribution < 1.29 is 13.9 Å². The van der Waals surface area contributed by atoms with E-state index in [4.69, 9.17) is 13.9 Å². The molecule has 0 aromatic carbocycles. The predicted molar refractivity (Wildman–Crippen MR) is 57.1 cm³/mol. The van der Waals surface area contributed by atoms with Crippen LogP contribution in [0.25, 0.3) is 0 Å². The minimum Gasteiger partial charge on any atom is -0.428 e. The average Bonchev–Trinajstić information content (AvgIpc) is 2.16. The van der Waals surface area contributed by atoms with Crippen LogP contribution in [0.1, 0.15) is 26.2 Å². The first-order valence-corrected chi connectivity index (χ1v) is 5.88. The number of unbranched alkanes of at least 4 members (excludes halogenated alkanes) is 1. The van der Waals surface area contributed by atoms with Crippen molar-refractivity contribution in [2.45, 2.75) is 26.2 Å². The number of ether oxygens (including phenoxy) is 2. The fourth-order valence-electron chi connectivity index (χ4n) is 0.874. The van der Waals surface area contributed by atoms with Crippen LogP contribution in [0.15, 0.2) is 0 Å². The maximum atomic E-state index is 5.33. The Morgan fingerprint density at radius 2 is 1.46 bits per heavy atom. The van der Waals surface area contributed by atoms with Gasteiger partial charge in [-0.2, -0.15) is 0 Å². The second-order valence-electron chi connectivity index (χ2n) is 2.92. The Kier molecular flexibility index (Phi) is 12.2. The molecule has 80 valence electrons. The maximum Gasteiger partial charge on any atom is 0.145 e. The Labute approximate surface area is 84.3 Å².